The van der Waals surface area contributed by atoms with Crippen LogP contribution >= 0.6 is 0 Å². The molecule has 0 bridgehead atoms. The van der Waals surface area contributed by atoms with Crippen LogP contribution in [0.3, 0.4) is 0 Å². The fraction of sp³-hybridized carbons (Fsp3) is 0.625. The van der Waals surface area contributed by atoms with Gasteiger partial charge in [-0.25, -0.2) is 0 Å². The average Bonchev–Trinajstić information content (AvgIpc) is 2.32. The van der Waals surface area contributed by atoms with Gasteiger partial charge in [0.15, 0.2) is 0 Å². The summed E-state index contributed by atoms with van der Waals surface area (Å²) in [6, 6.07) is -1.66. The Kier molecular flexibility index (Phi) is 4.45. The van der Waals surface area contributed by atoms with Crippen LogP contribution in [0.2, 0.25) is 0 Å². The fourth-order valence-electron chi connectivity index (χ4n) is 1.02. The highest BCUT2D eigenvalue weighted by Gasteiger charge is 2.59. The van der Waals surface area contributed by atoms with Crippen LogP contribution in [0.25, 0.3) is 0 Å². The molecule has 6 nitrogen and oxygen atoms in total. The van der Waals surface area contributed by atoms with E-state index >= 15 is 0 Å². The van der Waals surface area contributed by atoms with E-state index in [2.05, 4.69) is 29.7 Å². The van der Waals surface area contributed by atoms with Crippen LogP contribution < -0.4 is 14.8 Å². The van der Waals surface area contributed by atoms with E-state index in [9.17, 15) is 26.3 Å². The summed E-state index contributed by atoms with van der Waals surface area (Å²) in [5.74, 6) is -0.310. The van der Waals surface area contributed by atoms with Crippen molar-refractivity contribution in [2.75, 3.05) is 19.5 Å². The Balaban J connectivity index is 3.11. The van der Waals surface area contributed by atoms with E-state index in [1.807, 2.05) is 0 Å². The minimum Gasteiger partial charge on any atom is -0.467 e. The van der Waals surface area contributed by atoms with E-state index in [-0.39, 0.29) is 5.95 Å². The van der Waals surface area contributed by atoms with Gasteiger partial charge in [-0.15, -0.1) is 4.98 Å². The summed E-state index contributed by atoms with van der Waals surface area (Å²) in [6.07, 6.45) is -15.4. The molecule has 0 aliphatic carbocycles. The minimum atomic E-state index is -5.67. The van der Waals surface area contributed by atoms with Crippen molar-refractivity contribution in [1.29, 1.82) is 0 Å². The first kappa shape index (κ1) is 16.0. The zero-order valence-electron chi connectivity index (χ0n) is 10.0. The van der Waals surface area contributed by atoms with Crippen LogP contribution in [0.4, 0.5) is 32.3 Å². The number of halogens is 6. The predicted molar refractivity (Wildman–Crippen MR) is 52.5 cm³/mol. The number of ether oxygens (including phenoxy) is 2. The van der Waals surface area contributed by atoms with Gasteiger partial charge < -0.3 is 14.8 Å². The van der Waals surface area contributed by atoms with Gasteiger partial charge in [0.2, 0.25) is 5.95 Å². The maximum atomic E-state index is 12.3. The Bertz CT molecular complexity index is 427. The van der Waals surface area contributed by atoms with Crippen LogP contribution in [0.15, 0.2) is 0 Å². The van der Waals surface area contributed by atoms with Crippen molar-refractivity contribution >= 4 is 5.95 Å². The minimum absolute atomic E-state index is 0.310. The number of rotatable bonds is 4. The molecule has 0 atom stereocenters. The summed E-state index contributed by atoms with van der Waals surface area (Å²) in [5, 5.41) is 2.31. The molecule has 1 heterocycles. The molecule has 20 heavy (non-hydrogen) atoms. The molecule has 0 unspecified atom stereocenters. The van der Waals surface area contributed by atoms with Gasteiger partial charge in [-0.2, -0.15) is 36.3 Å². The zero-order chi connectivity index (χ0) is 15.6. The number of alkyl halides is 6. The number of anilines is 1. The Hall–Kier alpha value is -2.01. The highest BCUT2D eigenvalue weighted by Crippen LogP contribution is 2.35. The number of hydrogen-bond acceptors (Lipinski definition) is 6. The van der Waals surface area contributed by atoms with Crippen molar-refractivity contribution in [2.24, 2.45) is 0 Å². The first-order valence-electron chi connectivity index (χ1n) is 4.86. The largest absolute Gasteiger partial charge is 0.467 e. The molecule has 0 aliphatic rings. The fourth-order valence-corrected chi connectivity index (χ4v) is 1.02. The number of aromatic nitrogens is 3. The Morgan fingerprint density at radius 2 is 1.45 bits per heavy atom. The summed E-state index contributed by atoms with van der Waals surface area (Å²) < 4.78 is 82.1. The summed E-state index contributed by atoms with van der Waals surface area (Å²) in [4.78, 5) is 9.90. The lowest BCUT2D eigenvalue weighted by Crippen LogP contribution is -2.46. The number of nitrogens with one attached hydrogen (secondary N) is 1. The molecule has 1 aromatic heterocycles. The summed E-state index contributed by atoms with van der Waals surface area (Å²) in [5.41, 5.74) is 0. The first-order valence-corrected chi connectivity index (χ1v) is 4.86. The van der Waals surface area contributed by atoms with Gasteiger partial charge in [0.1, 0.15) is 0 Å². The lowest BCUT2D eigenvalue weighted by molar-refractivity contribution is -0.301. The molecule has 0 radical (unpaired) electrons. The number of nitrogens with zero attached hydrogens (tertiary/aromatic N) is 3. The second-order valence-electron chi connectivity index (χ2n) is 3.26. The van der Waals surface area contributed by atoms with Crippen LogP contribution in [-0.2, 0) is 0 Å². The Labute approximate surface area is 108 Å². The molecule has 1 N–H and O–H groups in total. The van der Waals surface area contributed by atoms with Crippen molar-refractivity contribution in [3.05, 3.63) is 0 Å². The zero-order valence-corrected chi connectivity index (χ0v) is 10.0. The van der Waals surface area contributed by atoms with Gasteiger partial charge in [-0.1, -0.05) is 0 Å². The third kappa shape index (κ3) is 3.99. The van der Waals surface area contributed by atoms with Gasteiger partial charge in [0.25, 0.3) is 6.10 Å². The summed E-state index contributed by atoms with van der Waals surface area (Å²) >= 11 is 0. The Morgan fingerprint density at radius 1 is 0.950 bits per heavy atom. The molecule has 0 aliphatic heterocycles. The van der Waals surface area contributed by atoms with Gasteiger partial charge in [0, 0.05) is 7.05 Å². The normalized spacial score (nSPS) is 12.4. The second-order valence-corrected chi connectivity index (χ2v) is 3.26. The van der Waals surface area contributed by atoms with Crippen molar-refractivity contribution in [1.82, 2.24) is 15.0 Å². The van der Waals surface area contributed by atoms with Crippen LogP contribution in [0, 0.1) is 0 Å². The van der Waals surface area contributed by atoms with E-state index in [1.165, 1.54) is 7.05 Å². The first-order chi connectivity index (χ1) is 9.07. The van der Waals surface area contributed by atoms with Crippen molar-refractivity contribution in [3.63, 3.8) is 0 Å². The number of hydrogen-bond donors (Lipinski definition) is 1. The van der Waals surface area contributed by atoms with Crippen molar-refractivity contribution in [2.45, 2.75) is 18.5 Å². The standard InChI is InChI=1S/C8H8F6N4O2/c1-15-4-16-5(19-2)18-6(17-4)20-3(7(9,10)11)8(12,13)14/h3H,1-2H3,(H,15,16,17,18). The lowest BCUT2D eigenvalue weighted by atomic mass is 10.3. The molecule has 0 spiro atoms. The smallest absolute Gasteiger partial charge is 0.434 e. The van der Waals surface area contributed by atoms with Crippen LogP contribution in [0.1, 0.15) is 0 Å². The molecule has 0 saturated carbocycles. The lowest BCUT2D eigenvalue weighted by Gasteiger charge is -2.22. The monoisotopic (exact) mass is 306 g/mol. The molecule has 0 saturated heterocycles. The molecule has 1 rings (SSSR count). The predicted octanol–water partition coefficient (Wildman–Crippen LogP) is 1.79. The van der Waals surface area contributed by atoms with Gasteiger partial charge in [0.05, 0.1) is 7.11 Å². The van der Waals surface area contributed by atoms with Crippen LogP contribution in [0.5, 0.6) is 12.0 Å². The molecule has 12 heteroatoms. The topological polar surface area (TPSA) is 69.2 Å². The van der Waals surface area contributed by atoms with E-state index < -0.39 is 30.5 Å². The highest BCUT2D eigenvalue weighted by molar-refractivity contribution is 5.26. The second kappa shape index (κ2) is 5.54. The van der Waals surface area contributed by atoms with Gasteiger partial charge in [-0.3, -0.25) is 0 Å². The van der Waals surface area contributed by atoms with Gasteiger partial charge in [-0.05, 0) is 0 Å². The highest BCUT2D eigenvalue weighted by atomic mass is 19.4. The average molecular weight is 306 g/mol. The molecular formula is C8H8F6N4O2. The molecular weight excluding hydrogens is 298 g/mol. The van der Waals surface area contributed by atoms with E-state index in [0.717, 1.165) is 7.11 Å². The number of methoxy groups -OCH3 is 1. The maximum Gasteiger partial charge on any atom is 0.434 e. The molecule has 114 valence electrons. The maximum absolute atomic E-state index is 12.3. The third-order valence-electron chi connectivity index (χ3n) is 1.82. The molecule has 0 amide bonds. The third-order valence-corrected chi connectivity index (χ3v) is 1.82. The Morgan fingerprint density at radius 3 is 1.85 bits per heavy atom. The quantitative estimate of drug-likeness (QED) is 0.855. The molecule has 0 fully saturated rings. The van der Waals surface area contributed by atoms with Gasteiger partial charge >= 0.3 is 24.4 Å². The van der Waals surface area contributed by atoms with E-state index in [1.54, 1.807) is 0 Å². The van der Waals surface area contributed by atoms with E-state index in [0.29, 0.717) is 0 Å². The molecule has 1 aromatic rings. The summed E-state index contributed by atoms with van der Waals surface area (Å²) in [7, 11) is 2.37. The van der Waals surface area contributed by atoms with E-state index in [4.69, 9.17) is 0 Å². The van der Waals surface area contributed by atoms with Crippen molar-refractivity contribution in [3.8, 4) is 12.0 Å². The van der Waals surface area contributed by atoms with Crippen LogP contribution in [-0.4, -0.2) is 47.6 Å². The SMILES string of the molecule is CNc1nc(OC)nc(OC(C(F)(F)F)C(F)(F)F)n1. The summed E-state index contributed by atoms with van der Waals surface area (Å²) in [6.45, 7) is 0. The van der Waals surface area contributed by atoms with Crippen molar-refractivity contribution < 1.29 is 35.8 Å². The molecule has 0 aromatic carbocycles.